The predicted octanol–water partition coefficient (Wildman–Crippen LogP) is 5.11. The van der Waals surface area contributed by atoms with Crippen LogP contribution in [-0.4, -0.2) is 4.57 Å². The molecule has 136 valence electrons. The Hall–Kier alpha value is -3.04. The predicted molar refractivity (Wildman–Crippen MR) is 96.4 cm³/mol. The van der Waals surface area contributed by atoms with Crippen molar-refractivity contribution in [2.24, 2.45) is 0 Å². The minimum atomic E-state index is -4.60. The maximum absolute atomic E-state index is 13.2. The summed E-state index contributed by atoms with van der Waals surface area (Å²) < 4.78 is 41.1. The normalized spacial score (nSPS) is 11.2. The van der Waals surface area contributed by atoms with E-state index in [1.807, 2.05) is 6.07 Å². The number of alkyl halides is 3. The van der Waals surface area contributed by atoms with Crippen LogP contribution in [-0.2, 0) is 12.7 Å². The smallest absolute Gasteiger partial charge is 0.343 e. The highest BCUT2D eigenvalue weighted by Gasteiger charge is 2.34. The average molecular weight is 389 g/mol. The van der Waals surface area contributed by atoms with E-state index in [-0.39, 0.29) is 23.2 Å². The third-order valence-corrected chi connectivity index (χ3v) is 4.40. The van der Waals surface area contributed by atoms with Crippen molar-refractivity contribution in [1.82, 2.24) is 4.57 Å². The molecule has 0 N–H and O–H groups in total. The lowest BCUT2D eigenvalue weighted by Crippen LogP contribution is -2.11. The Morgan fingerprint density at radius 1 is 1.07 bits per heavy atom. The summed E-state index contributed by atoms with van der Waals surface area (Å²) in [6.45, 7) is 0.262. The molecule has 27 heavy (non-hydrogen) atoms. The number of hydrogen-bond acceptors (Lipinski definition) is 2. The lowest BCUT2D eigenvalue weighted by Gasteiger charge is -2.17. The molecule has 0 spiro atoms. The Bertz CT molecular complexity index is 1100. The molecule has 0 atom stereocenters. The van der Waals surface area contributed by atoms with Gasteiger partial charge in [0.15, 0.2) is 5.43 Å². The molecule has 0 amide bonds. The van der Waals surface area contributed by atoms with E-state index < -0.39 is 16.8 Å². The zero-order chi connectivity index (χ0) is 19.6. The van der Waals surface area contributed by atoms with Gasteiger partial charge in [-0.3, -0.25) is 4.79 Å². The molecule has 0 bridgehead atoms. The van der Waals surface area contributed by atoms with Crippen LogP contribution < -0.4 is 5.43 Å². The summed E-state index contributed by atoms with van der Waals surface area (Å²) in [5, 5.41) is 8.56. The van der Waals surface area contributed by atoms with Crippen molar-refractivity contribution < 1.29 is 13.2 Å². The molecule has 0 radical (unpaired) electrons. The maximum atomic E-state index is 13.2. The van der Waals surface area contributed by atoms with E-state index in [1.165, 1.54) is 30.5 Å². The summed E-state index contributed by atoms with van der Waals surface area (Å²) in [6.07, 6.45) is -3.11. The third-order valence-electron chi connectivity index (χ3n) is 4.00. The molecule has 0 aliphatic heterocycles. The Morgan fingerprint density at radius 3 is 2.52 bits per heavy atom. The first-order chi connectivity index (χ1) is 12.8. The van der Waals surface area contributed by atoms with Gasteiger partial charge in [0.2, 0.25) is 0 Å². The minimum absolute atomic E-state index is 0.112. The number of aromatic nitrogens is 1. The van der Waals surface area contributed by atoms with E-state index in [9.17, 15) is 18.0 Å². The van der Waals surface area contributed by atoms with E-state index in [0.29, 0.717) is 5.56 Å². The quantitative estimate of drug-likeness (QED) is 0.626. The lowest BCUT2D eigenvalue weighted by atomic mass is 10.1. The molecule has 0 aliphatic carbocycles. The molecule has 1 heterocycles. The Balaban J connectivity index is 2.14. The van der Waals surface area contributed by atoms with Crippen LogP contribution >= 0.6 is 11.6 Å². The number of halogens is 4. The monoisotopic (exact) mass is 388 g/mol. The average Bonchev–Trinajstić information content (AvgIpc) is 2.63. The van der Waals surface area contributed by atoms with Gasteiger partial charge in [-0.25, -0.2) is 0 Å². The largest absolute Gasteiger partial charge is 0.417 e. The van der Waals surface area contributed by atoms with Crippen molar-refractivity contribution in [1.29, 1.82) is 5.26 Å². The SMILES string of the molecule is N#Cc1cccc(Cn2ccc(=O)cc2-c2cccc(C(F)(F)F)c2Cl)c1. The van der Waals surface area contributed by atoms with Gasteiger partial charge in [-0.05, 0) is 23.8 Å². The molecule has 1 aromatic heterocycles. The van der Waals surface area contributed by atoms with Gasteiger partial charge in [0.1, 0.15) is 0 Å². The standard InChI is InChI=1S/C20H12ClF3N2O/c21-19-16(5-2-6-17(19)20(22,23)24)18-10-15(27)7-8-26(18)12-14-4-1-3-13(9-14)11-25/h1-10H,12H2. The molecule has 3 nitrogen and oxygen atoms in total. The van der Waals surface area contributed by atoms with Crippen LogP contribution in [0.1, 0.15) is 16.7 Å². The molecule has 0 fully saturated rings. The van der Waals surface area contributed by atoms with Crippen LogP contribution in [0.4, 0.5) is 13.2 Å². The van der Waals surface area contributed by atoms with Gasteiger partial charge in [-0.2, -0.15) is 18.4 Å². The van der Waals surface area contributed by atoms with Gasteiger partial charge >= 0.3 is 6.18 Å². The second kappa shape index (κ2) is 7.29. The van der Waals surface area contributed by atoms with Crippen LogP contribution in [0.15, 0.2) is 65.6 Å². The molecule has 2 aromatic carbocycles. The van der Waals surface area contributed by atoms with Crippen molar-refractivity contribution in [2.45, 2.75) is 12.7 Å². The Kier molecular flexibility index (Phi) is 5.06. The summed E-state index contributed by atoms with van der Waals surface area (Å²) in [5.74, 6) is 0. The fourth-order valence-electron chi connectivity index (χ4n) is 2.76. The first-order valence-electron chi connectivity index (χ1n) is 7.85. The second-order valence-corrected chi connectivity index (χ2v) is 6.23. The lowest BCUT2D eigenvalue weighted by molar-refractivity contribution is -0.137. The molecular formula is C20H12ClF3N2O. The van der Waals surface area contributed by atoms with Gasteiger partial charge in [-0.1, -0.05) is 35.9 Å². The van der Waals surface area contributed by atoms with Crippen molar-refractivity contribution in [3.05, 3.63) is 92.7 Å². The topological polar surface area (TPSA) is 45.8 Å². The van der Waals surface area contributed by atoms with Gasteiger partial charge in [0, 0.05) is 30.4 Å². The van der Waals surface area contributed by atoms with Gasteiger partial charge in [0.25, 0.3) is 0 Å². The van der Waals surface area contributed by atoms with E-state index in [1.54, 1.807) is 28.8 Å². The molecule has 0 saturated heterocycles. The number of hydrogen-bond donors (Lipinski definition) is 0. The van der Waals surface area contributed by atoms with Crippen molar-refractivity contribution in [3.63, 3.8) is 0 Å². The molecular weight excluding hydrogens is 377 g/mol. The van der Waals surface area contributed by atoms with E-state index in [2.05, 4.69) is 0 Å². The summed E-state index contributed by atoms with van der Waals surface area (Å²) in [4.78, 5) is 11.8. The summed E-state index contributed by atoms with van der Waals surface area (Å²) in [6, 6.07) is 15.0. The highest BCUT2D eigenvalue weighted by atomic mass is 35.5. The number of nitriles is 1. The molecule has 0 unspecified atom stereocenters. The summed E-state index contributed by atoms with van der Waals surface area (Å²) in [7, 11) is 0. The van der Waals surface area contributed by atoms with Crippen LogP contribution in [0.25, 0.3) is 11.3 Å². The number of pyridine rings is 1. The van der Waals surface area contributed by atoms with Gasteiger partial charge < -0.3 is 4.57 Å². The Morgan fingerprint density at radius 2 is 1.81 bits per heavy atom. The first kappa shape index (κ1) is 18.7. The summed E-state index contributed by atoms with van der Waals surface area (Å²) in [5.41, 5.74) is 0.298. The van der Waals surface area contributed by atoms with Crippen molar-refractivity contribution in [3.8, 4) is 17.3 Å². The number of nitrogens with zero attached hydrogens (tertiary/aromatic N) is 2. The van der Waals surface area contributed by atoms with Gasteiger partial charge in [-0.15, -0.1) is 0 Å². The second-order valence-electron chi connectivity index (χ2n) is 5.85. The van der Waals surface area contributed by atoms with Gasteiger partial charge in [0.05, 0.1) is 27.9 Å². The fraction of sp³-hybridized carbons (Fsp3) is 0.100. The molecule has 0 saturated carbocycles. The zero-order valence-electron chi connectivity index (χ0n) is 13.8. The summed E-state index contributed by atoms with van der Waals surface area (Å²) >= 11 is 6.02. The highest BCUT2D eigenvalue weighted by molar-refractivity contribution is 6.34. The zero-order valence-corrected chi connectivity index (χ0v) is 14.6. The highest BCUT2D eigenvalue weighted by Crippen LogP contribution is 2.39. The maximum Gasteiger partial charge on any atom is 0.417 e. The van der Waals surface area contributed by atoms with Crippen LogP contribution in [0.5, 0.6) is 0 Å². The van der Waals surface area contributed by atoms with E-state index >= 15 is 0 Å². The fourth-order valence-corrected chi connectivity index (χ4v) is 3.09. The molecule has 7 heteroatoms. The van der Waals surface area contributed by atoms with Crippen LogP contribution in [0, 0.1) is 11.3 Å². The number of benzene rings is 2. The molecule has 0 aliphatic rings. The van der Waals surface area contributed by atoms with E-state index in [0.717, 1.165) is 11.6 Å². The molecule has 3 rings (SSSR count). The van der Waals surface area contributed by atoms with Crippen molar-refractivity contribution >= 4 is 11.6 Å². The van der Waals surface area contributed by atoms with Crippen molar-refractivity contribution in [2.75, 3.05) is 0 Å². The first-order valence-corrected chi connectivity index (χ1v) is 8.23. The minimum Gasteiger partial charge on any atom is -0.343 e. The Labute approximate surface area is 157 Å². The third kappa shape index (κ3) is 4.04. The number of rotatable bonds is 3. The van der Waals surface area contributed by atoms with Crippen LogP contribution in [0.3, 0.4) is 0 Å². The van der Waals surface area contributed by atoms with Crippen LogP contribution in [0.2, 0.25) is 5.02 Å². The van der Waals surface area contributed by atoms with E-state index in [4.69, 9.17) is 16.9 Å². The molecule has 3 aromatic rings.